The molecule has 0 bridgehead atoms. The van der Waals surface area contributed by atoms with E-state index in [-0.39, 0.29) is 24.3 Å². The monoisotopic (exact) mass is 281 g/mol. The van der Waals surface area contributed by atoms with Gasteiger partial charge in [-0.1, -0.05) is 6.92 Å². The summed E-state index contributed by atoms with van der Waals surface area (Å²) < 4.78 is 0. The minimum Gasteiger partial charge on any atom is -0.299 e. The first-order valence-corrected chi connectivity index (χ1v) is 7.41. The second kappa shape index (κ2) is 5.79. The van der Waals surface area contributed by atoms with Crippen LogP contribution in [0.25, 0.3) is 0 Å². The Bertz CT molecular complexity index is 486. The van der Waals surface area contributed by atoms with Gasteiger partial charge in [-0.15, -0.1) is 11.3 Å². The number of carbonyl (C=O) groups excluding carboxylic acids is 2. The number of nitrogens with one attached hydrogen (secondary N) is 1. The van der Waals surface area contributed by atoms with E-state index in [0.29, 0.717) is 6.54 Å². The molecule has 0 aliphatic carbocycles. The zero-order valence-corrected chi connectivity index (χ0v) is 12.3. The molecule has 2 unspecified atom stereocenters. The number of imide groups is 1. The van der Waals surface area contributed by atoms with Crippen molar-refractivity contribution < 1.29 is 9.59 Å². The standard InChI is InChI=1S/C13H19N3O2S/c1-4-9(3)16-12(17)5-10(13(16)18)14-6-11-15-8(2)7-19-11/h7,9-10,14H,4-6H2,1-3H3. The maximum Gasteiger partial charge on any atom is 0.247 e. The Morgan fingerprint density at radius 1 is 1.58 bits per heavy atom. The number of likely N-dealkylation sites (tertiary alicyclic amines) is 1. The van der Waals surface area contributed by atoms with Crippen molar-refractivity contribution in [3.8, 4) is 0 Å². The number of hydrogen-bond donors (Lipinski definition) is 1. The normalized spacial score (nSPS) is 21.2. The molecule has 1 saturated heterocycles. The Morgan fingerprint density at radius 3 is 2.89 bits per heavy atom. The van der Waals surface area contributed by atoms with Crippen LogP contribution in [0, 0.1) is 6.92 Å². The quantitative estimate of drug-likeness (QED) is 0.830. The van der Waals surface area contributed by atoms with Gasteiger partial charge in [0.25, 0.3) is 0 Å². The number of aromatic nitrogens is 1. The summed E-state index contributed by atoms with van der Waals surface area (Å²) in [5, 5.41) is 6.06. The molecule has 19 heavy (non-hydrogen) atoms. The van der Waals surface area contributed by atoms with E-state index < -0.39 is 6.04 Å². The van der Waals surface area contributed by atoms with E-state index in [1.54, 1.807) is 11.3 Å². The molecule has 104 valence electrons. The van der Waals surface area contributed by atoms with Crippen LogP contribution in [-0.2, 0) is 16.1 Å². The number of aryl methyl sites for hydroxylation is 1. The van der Waals surface area contributed by atoms with Crippen molar-refractivity contribution in [3.05, 3.63) is 16.1 Å². The lowest BCUT2D eigenvalue weighted by molar-refractivity contribution is -0.141. The Labute approximate surface area is 117 Å². The zero-order valence-electron chi connectivity index (χ0n) is 11.5. The Balaban J connectivity index is 1.95. The van der Waals surface area contributed by atoms with Crippen molar-refractivity contribution in [3.63, 3.8) is 0 Å². The second-order valence-electron chi connectivity index (χ2n) is 4.88. The minimum absolute atomic E-state index is 0.0195. The molecule has 1 aliphatic heterocycles. The molecule has 1 N–H and O–H groups in total. The highest BCUT2D eigenvalue weighted by Crippen LogP contribution is 2.18. The van der Waals surface area contributed by atoms with Gasteiger partial charge in [0.05, 0.1) is 12.5 Å². The van der Waals surface area contributed by atoms with Crippen LogP contribution in [0.4, 0.5) is 0 Å². The van der Waals surface area contributed by atoms with Gasteiger partial charge in [-0.2, -0.15) is 0 Å². The predicted octanol–water partition coefficient (Wildman–Crippen LogP) is 1.47. The summed E-state index contributed by atoms with van der Waals surface area (Å²) in [4.78, 5) is 29.8. The van der Waals surface area contributed by atoms with Crippen LogP contribution < -0.4 is 5.32 Å². The molecule has 0 radical (unpaired) electrons. The molecule has 0 aromatic carbocycles. The first kappa shape index (κ1) is 14.1. The van der Waals surface area contributed by atoms with Crippen molar-refractivity contribution in [1.82, 2.24) is 15.2 Å². The Hall–Kier alpha value is -1.27. The molecule has 1 fully saturated rings. The lowest BCUT2D eigenvalue weighted by Crippen LogP contribution is -2.42. The van der Waals surface area contributed by atoms with Gasteiger partial charge in [0.15, 0.2) is 0 Å². The van der Waals surface area contributed by atoms with E-state index >= 15 is 0 Å². The van der Waals surface area contributed by atoms with Crippen LogP contribution >= 0.6 is 11.3 Å². The van der Waals surface area contributed by atoms with Gasteiger partial charge in [0.1, 0.15) is 5.01 Å². The van der Waals surface area contributed by atoms with E-state index in [1.165, 1.54) is 4.90 Å². The smallest absolute Gasteiger partial charge is 0.247 e. The lowest BCUT2D eigenvalue weighted by atomic mass is 10.2. The van der Waals surface area contributed by atoms with Gasteiger partial charge in [-0.3, -0.25) is 19.8 Å². The van der Waals surface area contributed by atoms with Crippen molar-refractivity contribution in [1.29, 1.82) is 0 Å². The van der Waals surface area contributed by atoms with E-state index in [0.717, 1.165) is 17.1 Å². The first-order chi connectivity index (χ1) is 9.02. The number of thiazole rings is 1. The predicted molar refractivity (Wildman–Crippen MR) is 73.7 cm³/mol. The summed E-state index contributed by atoms with van der Waals surface area (Å²) in [5.41, 5.74) is 0.983. The average molecular weight is 281 g/mol. The van der Waals surface area contributed by atoms with Crippen molar-refractivity contribution >= 4 is 23.2 Å². The first-order valence-electron chi connectivity index (χ1n) is 6.53. The van der Waals surface area contributed by atoms with E-state index in [1.807, 2.05) is 26.2 Å². The van der Waals surface area contributed by atoms with Crippen LogP contribution in [0.15, 0.2) is 5.38 Å². The lowest BCUT2D eigenvalue weighted by Gasteiger charge is -2.21. The number of rotatable bonds is 5. The molecule has 2 amide bonds. The van der Waals surface area contributed by atoms with Gasteiger partial charge in [-0.25, -0.2) is 4.98 Å². The summed E-state index contributed by atoms with van der Waals surface area (Å²) in [7, 11) is 0. The van der Waals surface area contributed by atoms with Gasteiger partial charge >= 0.3 is 0 Å². The van der Waals surface area contributed by atoms with Crippen LogP contribution in [0.5, 0.6) is 0 Å². The summed E-state index contributed by atoms with van der Waals surface area (Å²) in [6.45, 7) is 6.36. The highest BCUT2D eigenvalue weighted by Gasteiger charge is 2.40. The largest absolute Gasteiger partial charge is 0.299 e. The second-order valence-corrected chi connectivity index (χ2v) is 5.82. The fourth-order valence-corrected chi connectivity index (χ4v) is 2.87. The van der Waals surface area contributed by atoms with E-state index in [4.69, 9.17) is 0 Å². The van der Waals surface area contributed by atoms with Crippen molar-refractivity contribution in [2.24, 2.45) is 0 Å². The third-order valence-electron chi connectivity index (χ3n) is 3.38. The zero-order chi connectivity index (χ0) is 14.0. The molecule has 2 rings (SSSR count). The van der Waals surface area contributed by atoms with Gasteiger partial charge < -0.3 is 0 Å². The van der Waals surface area contributed by atoms with Gasteiger partial charge in [0.2, 0.25) is 11.8 Å². The Kier molecular flexibility index (Phi) is 4.31. The summed E-state index contributed by atoms with van der Waals surface area (Å²) in [6, 6.07) is -0.417. The molecule has 2 heterocycles. The van der Waals surface area contributed by atoms with Gasteiger partial charge in [-0.05, 0) is 20.3 Å². The average Bonchev–Trinajstić information content (AvgIpc) is 2.90. The molecular formula is C13H19N3O2S. The molecule has 1 aliphatic rings. The maximum atomic E-state index is 12.2. The minimum atomic E-state index is -0.397. The molecule has 5 nitrogen and oxygen atoms in total. The molecule has 1 aromatic heterocycles. The molecular weight excluding hydrogens is 262 g/mol. The maximum absolute atomic E-state index is 12.2. The topological polar surface area (TPSA) is 62.3 Å². The van der Waals surface area contributed by atoms with Crippen LogP contribution in [0.2, 0.25) is 0 Å². The Morgan fingerprint density at radius 2 is 2.32 bits per heavy atom. The third-order valence-corrected chi connectivity index (χ3v) is 4.35. The van der Waals surface area contributed by atoms with E-state index in [2.05, 4.69) is 10.3 Å². The van der Waals surface area contributed by atoms with Crippen LogP contribution in [0.3, 0.4) is 0 Å². The number of hydrogen-bond acceptors (Lipinski definition) is 5. The van der Waals surface area contributed by atoms with Crippen LogP contribution in [0.1, 0.15) is 37.4 Å². The van der Waals surface area contributed by atoms with Gasteiger partial charge in [0, 0.05) is 23.7 Å². The highest BCUT2D eigenvalue weighted by atomic mass is 32.1. The number of nitrogens with zero attached hydrogens (tertiary/aromatic N) is 2. The molecule has 1 aromatic rings. The SMILES string of the molecule is CCC(C)N1C(=O)CC(NCc2nc(C)cs2)C1=O. The fourth-order valence-electron chi connectivity index (χ4n) is 2.15. The van der Waals surface area contributed by atoms with E-state index in [9.17, 15) is 9.59 Å². The molecule has 0 saturated carbocycles. The van der Waals surface area contributed by atoms with Crippen molar-refractivity contribution in [2.45, 2.75) is 52.2 Å². The third kappa shape index (κ3) is 3.01. The fraction of sp³-hybridized carbons (Fsp3) is 0.615. The molecule has 0 spiro atoms. The summed E-state index contributed by atoms with van der Waals surface area (Å²) in [6.07, 6.45) is 1.05. The summed E-state index contributed by atoms with van der Waals surface area (Å²) in [5.74, 6) is -0.181. The van der Waals surface area contributed by atoms with Crippen LogP contribution in [-0.4, -0.2) is 33.8 Å². The molecule has 2 atom stereocenters. The highest BCUT2D eigenvalue weighted by molar-refractivity contribution is 7.09. The summed E-state index contributed by atoms with van der Waals surface area (Å²) >= 11 is 1.56. The number of amides is 2. The number of carbonyl (C=O) groups is 2. The van der Waals surface area contributed by atoms with Crippen molar-refractivity contribution in [2.75, 3.05) is 0 Å². The molecule has 6 heteroatoms.